The van der Waals surface area contributed by atoms with Crippen molar-refractivity contribution in [3.05, 3.63) is 0 Å². The second kappa shape index (κ2) is 9.55. The summed E-state index contributed by atoms with van der Waals surface area (Å²) in [6, 6.07) is 0. The van der Waals surface area contributed by atoms with Crippen molar-refractivity contribution in [2.75, 3.05) is 0 Å². The number of carbonyl (C=O) groups is 1. The first-order chi connectivity index (χ1) is 8.68. The smallest absolute Gasteiger partial charge is 0.133 e. The monoisotopic (exact) mass is 254 g/mol. The summed E-state index contributed by atoms with van der Waals surface area (Å²) >= 11 is 0. The van der Waals surface area contributed by atoms with E-state index in [2.05, 4.69) is 6.92 Å². The van der Waals surface area contributed by atoms with Gasteiger partial charge < -0.3 is 5.11 Å². The molecule has 106 valence electrons. The zero-order chi connectivity index (χ0) is 13.2. The van der Waals surface area contributed by atoms with Crippen molar-refractivity contribution < 1.29 is 9.90 Å². The predicted molar refractivity (Wildman–Crippen MR) is 75.6 cm³/mol. The van der Waals surface area contributed by atoms with Crippen molar-refractivity contribution in [3.63, 3.8) is 0 Å². The highest BCUT2D eigenvalue weighted by Crippen LogP contribution is 2.19. The summed E-state index contributed by atoms with van der Waals surface area (Å²) in [6.45, 7) is 2.10. The molecule has 2 nitrogen and oxygen atoms in total. The van der Waals surface area contributed by atoms with Gasteiger partial charge in [-0.05, 0) is 25.2 Å². The summed E-state index contributed by atoms with van der Waals surface area (Å²) in [7, 11) is 0. The Kier molecular flexibility index (Phi) is 8.32. The molecule has 0 amide bonds. The molecule has 0 aliphatic heterocycles. The average molecular weight is 254 g/mol. The van der Waals surface area contributed by atoms with E-state index in [1.807, 2.05) is 0 Å². The number of ketones is 1. The number of aliphatic hydroxyl groups excluding tert-OH is 1. The van der Waals surface area contributed by atoms with Crippen molar-refractivity contribution in [1.82, 2.24) is 0 Å². The molecule has 2 heteroatoms. The molecule has 1 saturated carbocycles. The number of aliphatic hydroxyl groups is 1. The fourth-order valence-electron chi connectivity index (χ4n) is 2.92. The first-order valence-corrected chi connectivity index (χ1v) is 7.88. The quantitative estimate of drug-likeness (QED) is 0.701. The van der Waals surface area contributed by atoms with Gasteiger partial charge in [0.1, 0.15) is 5.78 Å². The molecule has 1 aliphatic rings. The topological polar surface area (TPSA) is 37.3 Å². The fraction of sp³-hybridized carbons (Fsp3) is 0.938. The standard InChI is InChI=1S/C16H30O2/c1-14-12-15(17)10-8-6-4-2-3-5-7-9-11-16(18)13-14/h14-15,17H,2-13H2,1H3/t14-,15?/m1/s1. The zero-order valence-electron chi connectivity index (χ0n) is 12.0. The number of hydrogen-bond donors (Lipinski definition) is 1. The highest BCUT2D eigenvalue weighted by Gasteiger charge is 2.14. The lowest BCUT2D eigenvalue weighted by atomic mass is 9.94. The molecule has 0 bridgehead atoms. The lowest BCUT2D eigenvalue weighted by Gasteiger charge is -2.15. The van der Waals surface area contributed by atoms with Gasteiger partial charge in [-0.1, -0.05) is 51.9 Å². The van der Waals surface area contributed by atoms with Crippen molar-refractivity contribution in [3.8, 4) is 0 Å². The fourth-order valence-corrected chi connectivity index (χ4v) is 2.92. The molecule has 2 atom stereocenters. The summed E-state index contributed by atoms with van der Waals surface area (Å²) in [4.78, 5) is 11.8. The lowest BCUT2D eigenvalue weighted by Crippen LogP contribution is -2.14. The van der Waals surface area contributed by atoms with Gasteiger partial charge in [-0.15, -0.1) is 0 Å². The second-order valence-corrected chi connectivity index (χ2v) is 6.10. The molecule has 0 aromatic heterocycles. The Morgan fingerprint density at radius 1 is 0.944 bits per heavy atom. The molecule has 18 heavy (non-hydrogen) atoms. The maximum atomic E-state index is 11.8. The number of hydrogen-bond acceptors (Lipinski definition) is 2. The normalized spacial score (nSPS) is 30.4. The van der Waals surface area contributed by atoms with Crippen molar-refractivity contribution >= 4 is 5.78 Å². The Balaban J connectivity index is 2.33. The van der Waals surface area contributed by atoms with E-state index in [-0.39, 0.29) is 6.10 Å². The van der Waals surface area contributed by atoms with Gasteiger partial charge in [0.25, 0.3) is 0 Å². The zero-order valence-corrected chi connectivity index (χ0v) is 12.0. The predicted octanol–water partition coefficient (Wildman–Crippen LogP) is 4.25. The molecule has 1 fully saturated rings. The Labute approximate surface area is 112 Å². The first kappa shape index (κ1) is 15.7. The molecule has 0 radical (unpaired) electrons. The van der Waals surface area contributed by atoms with E-state index in [1.54, 1.807) is 0 Å². The van der Waals surface area contributed by atoms with Crippen LogP contribution in [0.25, 0.3) is 0 Å². The number of Topliss-reactive ketones (excluding diaryl/α,β-unsaturated/α-hetero) is 1. The minimum Gasteiger partial charge on any atom is -0.393 e. The van der Waals surface area contributed by atoms with Crippen LogP contribution in [0.15, 0.2) is 0 Å². The van der Waals surface area contributed by atoms with Crippen LogP contribution in [0.3, 0.4) is 0 Å². The van der Waals surface area contributed by atoms with E-state index in [0.717, 1.165) is 32.1 Å². The Hall–Kier alpha value is -0.370. The first-order valence-electron chi connectivity index (χ1n) is 7.88. The minimum absolute atomic E-state index is 0.196. The molecule has 0 spiro atoms. The summed E-state index contributed by atoms with van der Waals surface area (Å²) < 4.78 is 0. The van der Waals surface area contributed by atoms with E-state index in [0.29, 0.717) is 18.1 Å². The van der Waals surface area contributed by atoms with E-state index < -0.39 is 0 Å². The van der Waals surface area contributed by atoms with Crippen LogP contribution in [0.1, 0.15) is 84.0 Å². The Bertz CT molecular complexity index is 225. The molecule has 0 heterocycles. The maximum Gasteiger partial charge on any atom is 0.133 e. The van der Waals surface area contributed by atoms with Gasteiger partial charge >= 0.3 is 0 Å². The second-order valence-electron chi connectivity index (χ2n) is 6.10. The average Bonchev–Trinajstić information content (AvgIpc) is 2.30. The summed E-state index contributed by atoms with van der Waals surface area (Å²) in [5.41, 5.74) is 0. The van der Waals surface area contributed by atoms with Crippen LogP contribution in [0, 0.1) is 5.92 Å². The third kappa shape index (κ3) is 7.86. The van der Waals surface area contributed by atoms with Crippen molar-refractivity contribution in [1.29, 1.82) is 0 Å². The maximum absolute atomic E-state index is 11.8. The molecule has 1 aliphatic carbocycles. The van der Waals surface area contributed by atoms with E-state index >= 15 is 0 Å². The summed E-state index contributed by atoms with van der Waals surface area (Å²) in [6.07, 6.45) is 12.8. The molecule has 1 N–H and O–H groups in total. The largest absolute Gasteiger partial charge is 0.393 e. The third-order valence-corrected chi connectivity index (χ3v) is 3.99. The van der Waals surface area contributed by atoms with Crippen LogP contribution < -0.4 is 0 Å². The SMILES string of the molecule is C[C@H]1CC(=O)CCCCCCCCCCC(O)C1. The van der Waals surface area contributed by atoms with Crippen LogP contribution in [0.4, 0.5) is 0 Å². The summed E-state index contributed by atoms with van der Waals surface area (Å²) in [5, 5.41) is 9.92. The van der Waals surface area contributed by atoms with E-state index in [4.69, 9.17) is 0 Å². The van der Waals surface area contributed by atoms with Crippen LogP contribution >= 0.6 is 0 Å². The van der Waals surface area contributed by atoms with Gasteiger partial charge in [0.2, 0.25) is 0 Å². The van der Waals surface area contributed by atoms with Crippen molar-refractivity contribution in [2.45, 2.75) is 90.1 Å². The molecule has 1 unspecified atom stereocenters. The number of rotatable bonds is 0. The third-order valence-electron chi connectivity index (χ3n) is 3.99. The highest BCUT2D eigenvalue weighted by atomic mass is 16.3. The van der Waals surface area contributed by atoms with Crippen LogP contribution in [-0.4, -0.2) is 17.0 Å². The summed E-state index contributed by atoms with van der Waals surface area (Å²) in [5.74, 6) is 0.738. The molecule has 0 aromatic rings. The lowest BCUT2D eigenvalue weighted by molar-refractivity contribution is -0.120. The molecular formula is C16H30O2. The number of carbonyl (C=O) groups excluding carboxylic acids is 1. The molecule has 1 rings (SSSR count). The van der Waals surface area contributed by atoms with Gasteiger partial charge in [-0.2, -0.15) is 0 Å². The van der Waals surface area contributed by atoms with Gasteiger partial charge in [0, 0.05) is 12.8 Å². The Morgan fingerprint density at radius 2 is 1.50 bits per heavy atom. The van der Waals surface area contributed by atoms with Gasteiger partial charge in [-0.25, -0.2) is 0 Å². The van der Waals surface area contributed by atoms with Crippen LogP contribution in [0.5, 0.6) is 0 Å². The van der Waals surface area contributed by atoms with E-state index in [9.17, 15) is 9.90 Å². The molecule has 0 aromatic carbocycles. The highest BCUT2D eigenvalue weighted by molar-refractivity contribution is 5.78. The van der Waals surface area contributed by atoms with Crippen LogP contribution in [0.2, 0.25) is 0 Å². The van der Waals surface area contributed by atoms with E-state index in [1.165, 1.54) is 38.5 Å². The minimum atomic E-state index is -0.196. The Morgan fingerprint density at radius 3 is 2.17 bits per heavy atom. The van der Waals surface area contributed by atoms with Gasteiger partial charge in [-0.3, -0.25) is 4.79 Å². The molecule has 0 saturated heterocycles. The van der Waals surface area contributed by atoms with Crippen LogP contribution in [-0.2, 0) is 4.79 Å². The van der Waals surface area contributed by atoms with Crippen molar-refractivity contribution in [2.24, 2.45) is 5.92 Å². The van der Waals surface area contributed by atoms with Gasteiger partial charge in [0.15, 0.2) is 0 Å². The van der Waals surface area contributed by atoms with Gasteiger partial charge in [0.05, 0.1) is 6.10 Å². The molecular weight excluding hydrogens is 224 g/mol.